The lowest BCUT2D eigenvalue weighted by Gasteiger charge is -2.32. The van der Waals surface area contributed by atoms with Gasteiger partial charge in [-0.2, -0.15) is 0 Å². The molecule has 1 saturated heterocycles. The van der Waals surface area contributed by atoms with Crippen LogP contribution in [-0.4, -0.2) is 18.3 Å². The first-order valence-corrected chi connectivity index (χ1v) is 14.8. The maximum atomic E-state index is 6.65. The Morgan fingerprint density at radius 1 is 0.634 bits per heavy atom. The minimum Gasteiger partial charge on any atom is -0.456 e. The van der Waals surface area contributed by atoms with Crippen molar-refractivity contribution in [2.75, 3.05) is 0 Å². The number of hydrogen-bond acceptors (Lipinski definition) is 3. The van der Waals surface area contributed by atoms with Gasteiger partial charge in [0.2, 0.25) is 0 Å². The summed E-state index contributed by atoms with van der Waals surface area (Å²) in [6.07, 6.45) is 7.04. The Kier molecular flexibility index (Phi) is 4.47. The first-order valence-electron chi connectivity index (χ1n) is 14.8. The number of fused-ring (bicyclic) bond motifs is 14. The molecule has 9 rings (SSSR count). The molecule has 1 atom stereocenters. The Morgan fingerprint density at radius 2 is 1.34 bits per heavy atom. The molecule has 0 amide bonds. The summed E-state index contributed by atoms with van der Waals surface area (Å²) < 4.78 is 19.7. The van der Waals surface area contributed by atoms with Crippen LogP contribution in [0.1, 0.15) is 62.8 Å². The van der Waals surface area contributed by atoms with Crippen LogP contribution in [-0.2, 0) is 14.7 Å². The molecule has 3 nitrogen and oxygen atoms in total. The van der Waals surface area contributed by atoms with E-state index in [1.807, 2.05) is 0 Å². The van der Waals surface area contributed by atoms with Gasteiger partial charge < -0.3 is 13.7 Å². The molecule has 1 unspecified atom stereocenters. The normalized spacial score (nSPS) is 23.0. The minimum atomic E-state index is -0.435. The molecule has 1 aliphatic heterocycles. The quantitative estimate of drug-likeness (QED) is 0.203. The average Bonchev–Trinajstić information content (AvgIpc) is 3.65. The Hall–Kier alpha value is -3.86. The monoisotopic (exact) mass is 534 g/mol. The second kappa shape index (κ2) is 7.70. The highest BCUT2D eigenvalue weighted by Crippen LogP contribution is 2.65. The van der Waals surface area contributed by atoms with E-state index in [0.29, 0.717) is 0 Å². The third-order valence-corrected chi connectivity index (χ3v) is 10.4. The molecular formula is C37H31BO3. The summed E-state index contributed by atoms with van der Waals surface area (Å²) in [6.45, 7) is 8.51. The van der Waals surface area contributed by atoms with Crippen LogP contribution in [0.3, 0.4) is 0 Å². The summed E-state index contributed by atoms with van der Waals surface area (Å²) in [5, 5.41) is 2.40. The third kappa shape index (κ3) is 2.78. The molecule has 4 heteroatoms. The van der Waals surface area contributed by atoms with Crippen LogP contribution in [0.25, 0.3) is 38.6 Å². The Morgan fingerprint density at radius 3 is 2.20 bits per heavy atom. The average molecular weight is 534 g/mol. The molecule has 41 heavy (non-hydrogen) atoms. The molecule has 2 heterocycles. The molecule has 1 aromatic heterocycles. The molecule has 0 radical (unpaired) electrons. The lowest BCUT2D eigenvalue weighted by Crippen LogP contribution is -2.41. The number of allylic oxidation sites excluding steroid dienone is 4. The number of benzene rings is 4. The summed E-state index contributed by atoms with van der Waals surface area (Å²) in [5.41, 5.74) is 12.4. The van der Waals surface area contributed by atoms with Crippen molar-refractivity contribution in [1.82, 2.24) is 0 Å². The maximum absolute atomic E-state index is 6.65. The lowest BCUT2D eigenvalue weighted by atomic mass is 9.68. The molecule has 1 fully saturated rings. The highest BCUT2D eigenvalue weighted by Gasteiger charge is 2.57. The predicted octanol–water partition coefficient (Wildman–Crippen LogP) is 8.32. The van der Waals surface area contributed by atoms with Crippen molar-refractivity contribution < 1.29 is 13.7 Å². The van der Waals surface area contributed by atoms with Crippen LogP contribution in [0, 0.1) is 0 Å². The fourth-order valence-electron chi connectivity index (χ4n) is 7.92. The molecule has 4 aliphatic rings. The molecule has 5 aromatic rings. The number of rotatable bonds is 1. The smallest absolute Gasteiger partial charge is 0.456 e. The summed E-state index contributed by atoms with van der Waals surface area (Å²) in [5.74, 6) is 0. The van der Waals surface area contributed by atoms with Gasteiger partial charge in [0.15, 0.2) is 0 Å². The zero-order valence-corrected chi connectivity index (χ0v) is 23.9. The van der Waals surface area contributed by atoms with Gasteiger partial charge >= 0.3 is 7.12 Å². The second-order valence-corrected chi connectivity index (χ2v) is 12.9. The van der Waals surface area contributed by atoms with Crippen LogP contribution < -0.4 is 5.46 Å². The number of para-hydroxylation sites is 1. The van der Waals surface area contributed by atoms with E-state index in [0.717, 1.165) is 29.5 Å². The van der Waals surface area contributed by atoms with Crippen molar-refractivity contribution in [2.24, 2.45) is 0 Å². The molecule has 3 aliphatic carbocycles. The Bertz CT molecular complexity index is 2010. The molecule has 4 aromatic carbocycles. The second-order valence-electron chi connectivity index (χ2n) is 12.9. The predicted molar refractivity (Wildman–Crippen MR) is 166 cm³/mol. The first kappa shape index (κ1) is 23.8. The van der Waals surface area contributed by atoms with Gasteiger partial charge in [-0.05, 0) is 103 Å². The van der Waals surface area contributed by atoms with E-state index in [1.165, 1.54) is 55.3 Å². The van der Waals surface area contributed by atoms with Crippen molar-refractivity contribution in [3.05, 3.63) is 119 Å². The summed E-state index contributed by atoms with van der Waals surface area (Å²) in [6, 6.07) is 28.7. The minimum absolute atomic E-state index is 0.403. The van der Waals surface area contributed by atoms with Crippen LogP contribution >= 0.6 is 0 Å². The maximum Gasteiger partial charge on any atom is 0.495 e. The molecular weight excluding hydrogens is 503 g/mol. The van der Waals surface area contributed by atoms with Gasteiger partial charge in [0.05, 0.1) is 16.6 Å². The van der Waals surface area contributed by atoms with Crippen molar-refractivity contribution in [3.63, 3.8) is 0 Å². The van der Waals surface area contributed by atoms with Crippen molar-refractivity contribution in [1.29, 1.82) is 0 Å². The van der Waals surface area contributed by atoms with Crippen LogP contribution in [0.4, 0.5) is 0 Å². The standard InChI is InChI=1S/C37H31BO3/c1-35(2)36(3,4)41-38(40-35)29-18-11-17-27-32(29)22-12-5-8-15-25(22)37(27)26-16-9-6-13-23(26)33-28(37)20-21-31-34(33)24-14-7-10-19-30(24)39-31/h5,7-8,10-21H,6,9H2,1-4H3. The molecule has 0 saturated carbocycles. The SMILES string of the molecule is CC1(C)OB(c2cccc3c2-c2ccccc2C32C3=CCCC=C3c3c2ccc2oc4ccccc4c32)OC1(C)C. The summed E-state index contributed by atoms with van der Waals surface area (Å²) in [7, 11) is -0.435. The van der Waals surface area contributed by atoms with Crippen molar-refractivity contribution in [2.45, 2.75) is 57.2 Å². The fraction of sp³-hybridized carbons (Fsp3) is 0.243. The molecule has 200 valence electrons. The van der Waals surface area contributed by atoms with E-state index in [-0.39, 0.29) is 0 Å². The zero-order chi connectivity index (χ0) is 27.7. The van der Waals surface area contributed by atoms with Gasteiger partial charge in [0, 0.05) is 10.8 Å². The van der Waals surface area contributed by atoms with E-state index in [4.69, 9.17) is 13.7 Å². The summed E-state index contributed by atoms with van der Waals surface area (Å²) >= 11 is 0. The largest absolute Gasteiger partial charge is 0.495 e. The van der Waals surface area contributed by atoms with Gasteiger partial charge in [-0.3, -0.25) is 0 Å². The molecule has 1 spiro atoms. The highest BCUT2D eigenvalue weighted by atomic mass is 16.7. The third-order valence-electron chi connectivity index (χ3n) is 10.4. The van der Waals surface area contributed by atoms with Crippen molar-refractivity contribution >= 4 is 40.1 Å². The number of hydrogen-bond donors (Lipinski definition) is 0. The Balaban J connectivity index is 1.40. The lowest BCUT2D eigenvalue weighted by molar-refractivity contribution is 0.00578. The number of furan rings is 1. The van der Waals surface area contributed by atoms with Crippen LogP contribution in [0.5, 0.6) is 0 Å². The van der Waals surface area contributed by atoms with Crippen LogP contribution in [0.15, 0.2) is 101 Å². The van der Waals surface area contributed by atoms with Crippen LogP contribution in [0.2, 0.25) is 0 Å². The zero-order valence-electron chi connectivity index (χ0n) is 23.9. The van der Waals surface area contributed by atoms with Crippen molar-refractivity contribution in [3.8, 4) is 11.1 Å². The van der Waals surface area contributed by atoms with E-state index in [1.54, 1.807) is 0 Å². The fourth-order valence-corrected chi connectivity index (χ4v) is 7.92. The van der Waals surface area contributed by atoms with Gasteiger partial charge in [0.25, 0.3) is 0 Å². The van der Waals surface area contributed by atoms with E-state index < -0.39 is 23.7 Å². The van der Waals surface area contributed by atoms with Gasteiger partial charge in [0.1, 0.15) is 11.2 Å². The van der Waals surface area contributed by atoms with Gasteiger partial charge in [-0.1, -0.05) is 78.9 Å². The van der Waals surface area contributed by atoms with E-state index in [9.17, 15) is 0 Å². The van der Waals surface area contributed by atoms with Gasteiger partial charge in [-0.15, -0.1) is 0 Å². The molecule has 0 bridgehead atoms. The summed E-state index contributed by atoms with van der Waals surface area (Å²) in [4.78, 5) is 0. The van der Waals surface area contributed by atoms with E-state index >= 15 is 0 Å². The topological polar surface area (TPSA) is 31.6 Å². The molecule has 0 N–H and O–H groups in total. The highest BCUT2D eigenvalue weighted by molar-refractivity contribution is 6.64. The van der Waals surface area contributed by atoms with Gasteiger partial charge in [-0.25, -0.2) is 0 Å². The Labute approximate surface area is 240 Å². The first-order chi connectivity index (χ1) is 19.8. The van der Waals surface area contributed by atoms with E-state index in [2.05, 4.69) is 119 Å².